The molecule has 126 valence electrons. The first-order valence-electron chi connectivity index (χ1n) is 7.38. The molecular weight excluding hydrogens is 384 g/mol. The molecule has 0 spiro atoms. The van der Waals surface area contributed by atoms with Crippen molar-refractivity contribution in [3.8, 4) is 23.0 Å². The van der Waals surface area contributed by atoms with Crippen LogP contribution in [-0.4, -0.2) is 27.9 Å². The second-order valence-electron chi connectivity index (χ2n) is 5.12. The second kappa shape index (κ2) is 7.31. The van der Waals surface area contributed by atoms with Crippen molar-refractivity contribution in [2.75, 3.05) is 7.11 Å². The maximum Gasteiger partial charge on any atom is 0.217 e. The lowest BCUT2D eigenvalue weighted by molar-refractivity contribution is 0.397. The van der Waals surface area contributed by atoms with E-state index < -0.39 is 0 Å². The molecule has 0 fully saturated rings. The molecular formula is C18H15BrN4O2. The first kappa shape index (κ1) is 16.9. The van der Waals surface area contributed by atoms with Crippen LogP contribution in [0.1, 0.15) is 11.3 Å². The largest absolute Gasteiger partial charge is 0.507 e. The van der Waals surface area contributed by atoms with Gasteiger partial charge in [-0.2, -0.15) is 10.1 Å². The van der Waals surface area contributed by atoms with Crippen LogP contribution in [0.25, 0.3) is 11.4 Å². The highest BCUT2D eigenvalue weighted by molar-refractivity contribution is 9.10. The van der Waals surface area contributed by atoms with Crippen LogP contribution in [0.4, 0.5) is 0 Å². The summed E-state index contributed by atoms with van der Waals surface area (Å²) in [7, 11) is 1.52. The minimum absolute atomic E-state index is 0.0474. The number of benzene rings is 2. The molecule has 0 radical (unpaired) electrons. The monoisotopic (exact) mass is 398 g/mol. The van der Waals surface area contributed by atoms with Gasteiger partial charge in [0.25, 0.3) is 0 Å². The molecule has 3 rings (SSSR count). The van der Waals surface area contributed by atoms with Crippen molar-refractivity contribution in [3.63, 3.8) is 0 Å². The van der Waals surface area contributed by atoms with Crippen LogP contribution in [0.2, 0.25) is 0 Å². The number of hydrogen-bond donors (Lipinski definition) is 2. The second-order valence-corrected chi connectivity index (χ2v) is 6.04. The Balaban J connectivity index is 2.16. The summed E-state index contributed by atoms with van der Waals surface area (Å²) in [6.45, 7) is 0. The molecule has 3 N–H and O–H groups in total. The van der Waals surface area contributed by atoms with Gasteiger partial charge < -0.3 is 15.7 Å². The topological polar surface area (TPSA) is 93.6 Å². The lowest BCUT2D eigenvalue weighted by Gasteiger charge is -2.11. The number of aromatic nitrogens is 2. The Hall–Kier alpha value is -2.93. The van der Waals surface area contributed by atoms with Gasteiger partial charge >= 0.3 is 0 Å². The van der Waals surface area contributed by atoms with E-state index in [1.807, 2.05) is 30.3 Å². The smallest absolute Gasteiger partial charge is 0.217 e. The van der Waals surface area contributed by atoms with Crippen molar-refractivity contribution in [1.82, 2.24) is 9.97 Å². The highest BCUT2D eigenvalue weighted by Gasteiger charge is 2.17. The molecule has 1 heterocycles. The molecule has 2 aromatic carbocycles. The average Bonchev–Trinajstić information content (AvgIpc) is 2.65. The van der Waals surface area contributed by atoms with E-state index in [2.05, 4.69) is 31.0 Å². The van der Waals surface area contributed by atoms with Gasteiger partial charge in [-0.25, -0.2) is 4.98 Å². The molecule has 3 aromatic rings. The van der Waals surface area contributed by atoms with Gasteiger partial charge in [0.05, 0.1) is 12.8 Å². The highest BCUT2D eigenvalue weighted by atomic mass is 79.9. The van der Waals surface area contributed by atoms with Gasteiger partial charge in [0, 0.05) is 21.7 Å². The maximum atomic E-state index is 10.2. The number of aromatic hydroxyl groups is 1. The molecule has 25 heavy (non-hydrogen) atoms. The van der Waals surface area contributed by atoms with Gasteiger partial charge in [-0.1, -0.05) is 46.3 Å². The number of hydrazone groups is 1. The summed E-state index contributed by atoms with van der Waals surface area (Å²) in [6, 6.07) is 16.1. The quantitative estimate of drug-likeness (QED) is 0.399. The number of nitrogens with zero attached hydrogens (tertiary/aromatic N) is 3. The number of methoxy groups -OCH3 is 1. The minimum atomic E-state index is 0.0474. The molecule has 0 aliphatic rings. The molecule has 0 aliphatic carbocycles. The molecule has 1 aromatic heterocycles. The fourth-order valence-corrected chi connectivity index (χ4v) is 2.70. The van der Waals surface area contributed by atoms with Crippen LogP contribution in [0.5, 0.6) is 11.6 Å². The molecule has 0 saturated heterocycles. The lowest BCUT2D eigenvalue weighted by Crippen LogP contribution is -2.11. The Bertz CT molecular complexity index is 930. The van der Waals surface area contributed by atoms with Crippen LogP contribution in [-0.2, 0) is 0 Å². The fourth-order valence-electron chi connectivity index (χ4n) is 2.34. The summed E-state index contributed by atoms with van der Waals surface area (Å²) in [5.74, 6) is 6.50. The number of ether oxygens (including phenoxy) is 1. The third-order valence-corrected chi connectivity index (χ3v) is 4.02. The maximum absolute atomic E-state index is 10.2. The number of hydrogen-bond acceptors (Lipinski definition) is 6. The van der Waals surface area contributed by atoms with Gasteiger partial charge in [0.15, 0.2) is 5.82 Å². The van der Waals surface area contributed by atoms with Crippen LogP contribution in [0, 0.1) is 0 Å². The first-order valence-corrected chi connectivity index (χ1v) is 8.17. The fraction of sp³-hybridized carbons (Fsp3) is 0.0556. The number of halogens is 1. The average molecular weight is 399 g/mol. The third kappa shape index (κ3) is 3.61. The van der Waals surface area contributed by atoms with Crippen molar-refractivity contribution in [2.24, 2.45) is 10.9 Å². The molecule has 0 bridgehead atoms. The van der Waals surface area contributed by atoms with Crippen LogP contribution >= 0.6 is 15.9 Å². The SMILES string of the molecule is COc1cc(/C(=N/N)c2cc(Br)ccc2O)nc(-c2ccccc2)n1. The van der Waals surface area contributed by atoms with Gasteiger partial charge in [-0.05, 0) is 18.2 Å². The van der Waals surface area contributed by atoms with Crippen LogP contribution in [0.15, 0.2) is 64.2 Å². The zero-order valence-corrected chi connectivity index (χ0v) is 14.9. The van der Waals surface area contributed by atoms with E-state index in [1.54, 1.807) is 24.3 Å². The van der Waals surface area contributed by atoms with Crippen molar-refractivity contribution < 1.29 is 9.84 Å². The van der Waals surface area contributed by atoms with E-state index in [4.69, 9.17) is 10.6 Å². The normalized spacial score (nSPS) is 11.4. The van der Waals surface area contributed by atoms with Crippen molar-refractivity contribution >= 4 is 21.6 Å². The molecule has 6 nitrogen and oxygen atoms in total. The van der Waals surface area contributed by atoms with Crippen molar-refractivity contribution in [2.45, 2.75) is 0 Å². The van der Waals surface area contributed by atoms with E-state index >= 15 is 0 Å². The van der Waals surface area contributed by atoms with Crippen LogP contribution in [0.3, 0.4) is 0 Å². The molecule has 0 saturated carbocycles. The summed E-state index contributed by atoms with van der Waals surface area (Å²) in [4.78, 5) is 8.91. The van der Waals surface area contributed by atoms with Crippen molar-refractivity contribution in [1.29, 1.82) is 0 Å². The molecule has 7 heteroatoms. The summed E-state index contributed by atoms with van der Waals surface area (Å²) >= 11 is 3.38. The Morgan fingerprint density at radius 2 is 1.88 bits per heavy atom. The van der Waals surface area contributed by atoms with Gasteiger partial charge in [-0.15, -0.1) is 0 Å². The lowest BCUT2D eigenvalue weighted by atomic mass is 10.1. The zero-order valence-electron chi connectivity index (χ0n) is 13.3. The van der Waals surface area contributed by atoms with Gasteiger partial charge in [-0.3, -0.25) is 0 Å². The summed E-state index contributed by atoms with van der Waals surface area (Å²) < 4.78 is 6.07. The molecule has 0 amide bonds. The highest BCUT2D eigenvalue weighted by Crippen LogP contribution is 2.26. The number of nitrogens with two attached hydrogens (primary N) is 1. The number of rotatable bonds is 4. The van der Waals surface area contributed by atoms with Crippen molar-refractivity contribution in [3.05, 3.63) is 70.3 Å². The summed E-state index contributed by atoms with van der Waals surface area (Å²) in [6.07, 6.45) is 0. The Morgan fingerprint density at radius 1 is 1.12 bits per heavy atom. The Kier molecular flexibility index (Phi) is 4.95. The Labute approximate surface area is 153 Å². The first-order chi connectivity index (χ1) is 12.1. The predicted molar refractivity (Wildman–Crippen MR) is 99.7 cm³/mol. The number of phenols is 1. The van der Waals surface area contributed by atoms with E-state index in [9.17, 15) is 5.11 Å². The van der Waals surface area contributed by atoms with Gasteiger partial charge in [0.1, 0.15) is 11.5 Å². The van der Waals surface area contributed by atoms with E-state index in [1.165, 1.54) is 7.11 Å². The van der Waals surface area contributed by atoms with Crippen LogP contribution < -0.4 is 10.6 Å². The van der Waals surface area contributed by atoms with E-state index in [-0.39, 0.29) is 5.75 Å². The minimum Gasteiger partial charge on any atom is -0.507 e. The predicted octanol–water partition coefficient (Wildman–Crippen LogP) is 3.33. The Morgan fingerprint density at radius 3 is 2.56 bits per heavy atom. The standard InChI is InChI=1S/C18H15BrN4O2/c1-25-16-10-14(21-18(22-16)11-5-3-2-4-6-11)17(23-20)13-9-12(19)7-8-15(13)24/h2-10,24H,20H2,1H3/b23-17+. The summed E-state index contributed by atoms with van der Waals surface area (Å²) in [5.41, 5.74) is 2.06. The van der Waals surface area contributed by atoms with Gasteiger partial charge in [0.2, 0.25) is 5.88 Å². The van der Waals surface area contributed by atoms with E-state index in [0.29, 0.717) is 28.7 Å². The number of phenolic OH excluding ortho intramolecular Hbond substituents is 1. The zero-order chi connectivity index (χ0) is 17.8. The summed E-state index contributed by atoms with van der Waals surface area (Å²) in [5, 5.41) is 14.0. The third-order valence-electron chi connectivity index (χ3n) is 3.53. The molecule has 0 unspecified atom stereocenters. The molecule has 0 aliphatic heterocycles. The van der Waals surface area contributed by atoms with E-state index in [0.717, 1.165) is 10.0 Å². The molecule has 0 atom stereocenters.